The first-order valence-corrected chi connectivity index (χ1v) is 11.6. The van der Waals surface area contributed by atoms with Crippen LogP contribution in [-0.4, -0.2) is 21.1 Å². The quantitative estimate of drug-likeness (QED) is 0.303. The molecule has 0 aliphatic rings. The van der Waals surface area contributed by atoms with E-state index in [-0.39, 0.29) is 5.91 Å². The maximum atomic E-state index is 12.8. The summed E-state index contributed by atoms with van der Waals surface area (Å²) in [5, 5.41) is 12.5. The van der Waals surface area contributed by atoms with Crippen molar-refractivity contribution >= 4 is 45.5 Å². The number of nitrogens with zero attached hydrogens (tertiary/aromatic N) is 3. The van der Waals surface area contributed by atoms with Gasteiger partial charge in [0.15, 0.2) is 4.34 Å². The van der Waals surface area contributed by atoms with E-state index >= 15 is 0 Å². The Balaban J connectivity index is 1.46. The van der Waals surface area contributed by atoms with Gasteiger partial charge in [-0.15, -0.1) is 21.5 Å². The van der Waals surface area contributed by atoms with E-state index in [0.29, 0.717) is 10.8 Å². The standard InChI is InChI=1S/C21H18N4OS3/c1-13-8-6-7-11-16(13)12-27-21-25-24-20(29-21)23-19(26)17-18(28-14(2)22-17)15-9-4-3-5-10-15/h3-11H,12H2,1-2H3,(H,23,24,26). The van der Waals surface area contributed by atoms with Crippen LogP contribution in [0.4, 0.5) is 5.13 Å². The Hall–Kier alpha value is -2.55. The molecule has 29 heavy (non-hydrogen) atoms. The molecule has 2 aromatic heterocycles. The van der Waals surface area contributed by atoms with Crippen LogP contribution in [-0.2, 0) is 5.75 Å². The molecule has 0 bridgehead atoms. The topological polar surface area (TPSA) is 67.8 Å². The highest BCUT2D eigenvalue weighted by Crippen LogP contribution is 2.32. The lowest BCUT2D eigenvalue weighted by Gasteiger charge is -2.03. The van der Waals surface area contributed by atoms with Gasteiger partial charge in [0, 0.05) is 5.75 Å². The molecule has 0 aliphatic heterocycles. The summed E-state index contributed by atoms with van der Waals surface area (Å²) < 4.78 is 0.821. The number of aromatic nitrogens is 3. The Bertz CT molecular complexity index is 1140. The molecule has 1 amide bonds. The molecule has 0 aliphatic carbocycles. The summed E-state index contributed by atoms with van der Waals surface area (Å²) in [6.07, 6.45) is 0. The van der Waals surface area contributed by atoms with Gasteiger partial charge in [-0.25, -0.2) is 4.98 Å². The number of benzene rings is 2. The van der Waals surface area contributed by atoms with E-state index in [1.165, 1.54) is 33.8 Å². The van der Waals surface area contributed by atoms with E-state index in [0.717, 1.165) is 25.5 Å². The molecule has 0 spiro atoms. The van der Waals surface area contributed by atoms with Gasteiger partial charge >= 0.3 is 0 Å². The number of hydrogen-bond acceptors (Lipinski definition) is 7. The van der Waals surface area contributed by atoms with Crippen LogP contribution in [0, 0.1) is 13.8 Å². The minimum atomic E-state index is -0.264. The second kappa shape index (κ2) is 8.86. The number of carbonyl (C=O) groups excluding carboxylic acids is 1. The first kappa shape index (κ1) is 19.8. The van der Waals surface area contributed by atoms with Crippen molar-refractivity contribution in [3.8, 4) is 10.4 Å². The zero-order valence-electron chi connectivity index (χ0n) is 15.9. The predicted octanol–water partition coefficient (Wildman–Crippen LogP) is 5.82. The van der Waals surface area contributed by atoms with Crippen LogP contribution in [0.1, 0.15) is 26.6 Å². The van der Waals surface area contributed by atoms with E-state index in [1.807, 2.05) is 49.4 Å². The number of rotatable bonds is 6. The van der Waals surface area contributed by atoms with E-state index in [1.54, 1.807) is 11.8 Å². The van der Waals surface area contributed by atoms with Gasteiger partial charge in [0.2, 0.25) is 5.13 Å². The Morgan fingerprint density at radius 3 is 2.55 bits per heavy atom. The summed E-state index contributed by atoms with van der Waals surface area (Å²) in [4.78, 5) is 18.1. The number of aryl methyl sites for hydroxylation is 2. The Labute approximate surface area is 181 Å². The molecule has 0 saturated heterocycles. The van der Waals surface area contributed by atoms with Gasteiger partial charge in [0.1, 0.15) is 5.69 Å². The van der Waals surface area contributed by atoms with E-state index in [4.69, 9.17) is 0 Å². The number of anilines is 1. The van der Waals surface area contributed by atoms with Crippen molar-refractivity contribution in [1.82, 2.24) is 15.2 Å². The Morgan fingerprint density at radius 2 is 1.76 bits per heavy atom. The van der Waals surface area contributed by atoms with Gasteiger partial charge in [0.25, 0.3) is 5.91 Å². The fraction of sp³-hybridized carbons (Fsp3) is 0.143. The van der Waals surface area contributed by atoms with Crippen molar-refractivity contribution in [2.75, 3.05) is 5.32 Å². The molecule has 5 nitrogen and oxygen atoms in total. The predicted molar refractivity (Wildman–Crippen MR) is 121 cm³/mol. The van der Waals surface area contributed by atoms with Crippen molar-refractivity contribution in [1.29, 1.82) is 0 Å². The summed E-state index contributed by atoms with van der Waals surface area (Å²) in [5.74, 6) is 0.554. The fourth-order valence-corrected chi connectivity index (χ4v) is 5.50. The van der Waals surface area contributed by atoms with Gasteiger partial charge < -0.3 is 0 Å². The summed E-state index contributed by atoms with van der Waals surface area (Å²) in [5.41, 5.74) is 3.92. The van der Waals surface area contributed by atoms with Gasteiger partial charge in [-0.3, -0.25) is 10.1 Å². The molecule has 0 radical (unpaired) electrons. The molecule has 4 rings (SSSR count). The molecule has 8 heteroatoms. The minimum absolute atomic E-state index is 0.264. The molecule has 2 aromatic carbocycles. The largest absolute Gasteiger partial charge is 0.295 e. The van der Waals surface area contributed by atoms with Gasteiger partial charge in [-0.1, -0.05) is 77.7 Å². The second-order valence-electron chi connectivity index (χ2n) is 6.32. The number of thiazole rings is 1. The zero-order valence-corrected chi connectivity index (χ0v) is 18.3. The highest BCUT2D eigenvalue weighted by atomic mass is 32.2. The first-order chi connectivity index (χ1) is 14.1. The minimum Gasteiger partial charge on any atom is -0.295 e. The van der Waals surface area contributed by atoms with E-state index < -0.39 is 0 Å². The Morgan fingerprint density at radius 1 is 1.00 bits per heavy atom. The van der Waals surface area contributed by atoms with Crippen molar-refractivity contribution in [2.24, 2.45) is 0 Å². The average Bonchev–Trinajstić information content (AvgIpc) is 3.34. The van der Waals surface area contributed by atoms with Crippen LogP contribution in [0.2, 0.25) is 0 Å². The molecular formula is C21H18N4OS3. The lowest BCUT2D eigenvalue weighted by molar-refractivity contribution is 0.102. The highest BCUT2D eigenvalue weighted by Gasteiger charge is 2.20. The third kappa shape index (κ3) is 4.72. The summed E-state index contributed by atoms with van der Waals surface area (Å²) in [6.45, 7) is 4.00. The van der Waals surface area contributed by atoms with Crippen molar-refractivity contribution in [2.45, 2.75) is 23.9 Å². The zero-order chi connectivity index (χ0) is 20.2. The normalized spacial score (nSPS) is 10.8. The van der Waals surface area contributed by atoms with Crippen LogP contribution < -0.4 is 5.32 Å². The molecule has 2 heterocycles. The maximum absolute atomic E-state index is 12.8. The summed E-state index contributed by atoms with van der Waals surface area (Å²) >= 11 is 4.50. The SMILES string of the molecule is Cc1nc(C(=O)Nc2nnc(SCc3ccccc3C)s2)c(-c2ccccc2)s1. The molecule has 0 atom stereocenters. The van der Waals surface area contributed by atoms with Crippen LogP contribution >= 0.6 is 34.4 Å². The maximum Gasteiger partial charge on any atom is 0.277 e. The van der Waals surface area contributed by atoms with E-state index in [9.17, 15) is 4.79 Å². The number of nitrogens with one attached hydrogen (secondary N) is 1. The lowest BCUT2D eigenvalue weighted by atomic mass is 10.1. The number of hydrogen-bond donors (Lipinski definition) is 1. The molecule has 4 aromatic rings. The number of carbonyl (C=O) groups is 1. The van der Waals surface area contributed by atoms with Crippen LogP contribution in [0.5, 0.6) is 0 Å². The highest BCUT2D eigenvalue weighted by molar-refractivity contribution is 8.00. The molecular weight excluding hydrogens is 420 g/mol. The average molecular weight is 439 g/mol. The van der Waals surface area contributed by atoms with Gasteiger partial charge in [0.05, 0.1) is 9.88 Å². The monoisotopic (exact) mass is 438 g/mol. The summed E-state index contributed by atoms with van der Waals surface area (Å²) in [6, 6.07) is 18.1. The van der Waals surface area contributed by atoms with Crippen LogP contribution in [0.25, 0.3) is 10.4 Å². The van der Waals surface area contributed by atoms with E-state index in [2.05, 4.69) is 39.6 Å². The van der Waals surface area contributed by atoms with Crippen LogP contribution in [0.15, 0.2) is 58.9 Å². The third-order valence-electron chi connectivity index (χ3n) is 4.22. The smallest absolute Gasteiger partial charge is 0.277 e. The first-order valence-electron chi connectivity index (χ1n) is 8.95. The second-order valence-corrected chi connectivity index (χ2v) is 9.72. The molecule has 0 saturated carbocycles. The Kier molecular flexibility index (Phi) is 6.03. The molecule has 1 N–H and O–H groups in total. The van der Waals surface area contributed by atoms with Crippen molar-refractivity contribution in [3.05, 3.63) is 76.4 Å². The number of amides is 1. The summed E-state index contributed by atoms with van der Waals surface area (Å²) in [7, 11) is 0. The molecule has 0 unspecified atom stereocenters. The molecule has 146 valence electrons. The lowest BCUT2D eigenvalue weighted by Crippen LogP contribution is -2.13. The van der Waals surface area contributed by atoms with Crippen molar-refractivity contribution < 1.29 is 4.79 Å². The van der Waals surface area contributed by atoms with Gasteiger partial charge in [-0.2, -0.15) is 0 Å². The molecule has 0 fully saturated rings. The third-order valence-corrected chi connectivity index (χ3v) is 7.27. The fourth-order valence-electron chi connectivity index (χ4n) is 2.75. The van der Waals surface area contributed by atoms with Crippen molar-refractivity contribution in [3.63, 3.8) is 0 Å². The van der Waals surface area contributed by atoms with Crippen LogP contribution in [0.3, 0.4) is 0 Å². The number of thioether (sulfide) groups is 1. The van der Waals surface area contributed by atoms with Gasteiger partial charge in [-0.05, 0) is 30.5 Å².